The Morgan fingerprint density at radius 3 is 2.29 bits per heavy atom. The number of benzene rings is 2. The molecule has 0 unspecified atom stereocenters. The molecule has 0 fully saturated rings. The normalized spacial score (nSPS) is 11.6. The lowest BCUT2D eigenvalue weighted by molar-refractivity contribution is 0.402. The predicted octanol–water partition coefficient (Wildman–Crippen LogP) is 4.89. The summed E-state index contributed by atoms with van der Waals surface area (Å²) in [7, 11) is -2.33. The Morgan fingerprint density at radius 1 is 1.08 bits per heavy atom. The first-order valence-corrected chi connectivity index (χ1v) is 9.49. The quantitative estimate of drug-likeness (QED) is 0.818. The summed E-state index contributed by atoms with van der Waals surface area (Å²) in [5, 5.41) is 0.508. The van der Waals surface area contributed by atoms with Gasteiger partial charge in [0, 0.05) is 5.02 Å². The van der Waals surface area contributed by atoms with Crippen LogP contribution in [0.5, 0.6) is 5.75 Å². The van der Waals surface area contributed by atoms with Gasteiger partial charge >= 0.3 is 0 Å². The summed E-state index contributed by atoms with van der Waals surface area (Å²) in [5.74, 6) is 0.529. The molecule has 0 atom stereocenters. The Bertz CT molecular complexity index is 861. The van der Waals surface area contributed by atoms with E-state index in [0.717, 1.165) is 16.7 Å². The van der Waals surface area contributed by atoms with Gasteiger partial charge in [0.05, 0.1) is 12.8 Å². The van der Waals surface area contributed by atoms with Gasteiger partial charge in [-0.3, -0.25) is 4.72 Å². The Kier molecular flexibility index (Phi) is 5.45. The van der Waals surface area contributed by atoms with Crippen LogP contribution in [-0.2, 0) is 10.0 Å². The largest absolute Gasteiger partial charge is 0.495 e. The van der Waals surface area contributed by atoms with Crippen molar-refractivity contribution < 1.29 is 13.2 Å². The molecule has 4 nitrogen and oxygen atoms in total. The predicted molar refractivity (Wildman–Crippen MR) is 98.8 cm³/mol. The van der Waals surface area contributed by atoms with Gasteiger partial charge in [0.25, 0.3) is 10.0 Å². The number of hydrogen-bond donors (Lipinski definition) is 1. The fraction of sp³-hybridized carbons (Fsp3) is 0.333. The number of rotatable bonds is 5. The molecule has 0 radical (unpaired) electrons. The van der Waals surface area contributed by atoms with Crippen molar-refractivity contribution >= 4 is 27.3 Å². The lowest BCUT2D eigenvalue weighted by atomic mass is 9.98. The standard InChI is InChI=1S/C18H22ClNO3S/c1-11(2)15-10-18(17(23-5)8-13(15)4)24(21,22)20-14-7-6-12(3)16(19)9-14/h6-11,20H,1-5H3. The topological polar surface area (TPSA) is 55.4 Å². The summed E-state index contributed by atoms with van der Waals surface area (Å²) >= 11 is 6.08. The van der Waals surface area contributed by atoms with Crippen LogP contribution < -0.4 is 9.46 Å². The van der Waals surface area contributed by atoms with Crippen molar-refractivity contribution in [2.45, 2.75) is 38.5 Å². The van der Waals surface area contributed by atoms with E-state index in [1.54, 1.807) is 30.3 Å². The van der Waals surface area contributed by atoms with Gasteiger partial charge in [-0.05, 0) is 60.7 Å². The number of halogens is 1. The van der Waals surface area contributed by atoms with Crippen molar-refractivity contribution in [3.63, 3.8) is 0 Å². The smallest absolute Gasteiger partial charge is 0.265 e. The number of hydrogen-bond acceptors (Lipinski definition) is 3. The lowest BCUT2D eigenvalue weighted by Gasteiger charge is -2.17. The van der Waals surface area contributed by atoms with E-state index in [0.29, 0.717) is 16.5 Å². The molecule has 0 amide bonds. The van der Waals surface area contributed by atoms with Gasteiger partial charge in [-0.1, -0.05) is 31.5 Å². The molecule has 0 spiro atoms. The molecule has 6 heteroatoms. The Morgan fingerprint density at radius 2 is 1.75 bits per heavy atom. The second-order valence-electron chi connectivity index (χ2n) is 6.08. The zero-order chi connectivity index (χ0) is 18.1. The third kappa shape index (κ3) is 3.84. The van der Waals surface area contributed by atoms with Gasteiger partial charge in [-0.2, -0.15) is 0 Å². The maximum absolute atomic E-state index is 12.8. The van der Waals surface area contributed by atoms with Crippen LogP contribution >= 0.6 is 11.6 Å². The molecular weight excluding hydrogens is 346 g/mol. The van der Waals surface area contributed by atoms with Crippen LogP contribution in [0.4, 0.5) is 5.69 Å². The van der Waals surface area contributed by atoms with Gasteiger partial charge in [-0.25, -0.2) is 8.42 Å². The highest BCUT2D eigenvalue weighted by Gasteiger charge is 2.22. The fourth-order valence-corrected chi connectivity index (χ4v) is 3.95. The molecule has 130 valence electrons. The van der Waals surface area contributed by atoms with Crippen LogP contribution in [0.15, 0.2) is 35.2 Å². The first kappa shape index (κ1) is 18.6. The third-order valence-electron chi connectivity index (χ3n) is 3.89. The first-order chi connectivity index (χ1) is 11.2. The van der Waals surface area contributed by atoms with Crippen molar-refractivity contribution in [3.8, 4) is 5.75 Å². The number of nitrogens with one attached hydrogen (secondary N) is 1. The van der Waals surface area contributed by atoms with Crippen molar-refractivity contribution in [1.29, 1.82) is 0 Å². The van der Waals surface area contributed by atoms with E-state index in [-0.39, 0.29) is 10.8 Å². The van der Waals surface area contributed by atoms with Gasteiger partial charge < -0.3 is 4.74 Å². The minimum atomic E-state index is -3.79. The fourth-order valence-electron chi connectivity index (χ4n) is 2.54. The van der Waals surface area contributed by atoms with Crippen molar-refractivity contribution in [2.75, 3.05) is 11.8 Å². The molecule has 0 aliphatic carbocycles. The number of methoxy groups -OCH3 is 1. The molecule has 1 N–H and O–H groups in total. The molecule has 0 aliphatic heterocycles. The summed E-state index contributed by atoms with van der Waals surface area (Å²) in [6.07, 6.45) is 0. The van der Waals surface area contributed by atoms with Crippen LogP contribution in [0, 0.1) is 13.8 Å². The number of aryl methyl sites for hydroxylation is 2. The second-order valence-corrected chi connectivity index (χ2v) is 8.14. The Balaban J connectivity index is 2.51. The molecule has 2 aromatic carbocycles. The maximum Gasteiger partial charge on any atom is 0.265 e. The molecule has 24 heavy (non-hydrogen) atoms. The van der Waals surface area contributed by atoms with E-state index < -0.39 is 10.0 Å². The number of anilines is 1. The third-order valence-corrected chi connectivity index (χ3v) is 5.70. The SMILES string of the molecule is COc1cc(C)c(C(C)C)cc1S(=O)(=O)Nc1ccc(C)c(Cl)c1. The summed E-state index contributed by atoms with van der Waals surface area (Å²) < 4.78 is 33.5. The second kappa shape index (κ2) is 7.03. The first-order valence-electron chi connectivity index (χ1n) is 7.63. The molecule has 0 aromatic heterocycles. The molecule has 0 heterocycles. The van der Waals surface area contributed by atoms with Crippen molar-refractivity contribution in [2.24, 2.45) is 0 Å². The minimum Gasteiger partial charge on any atom is -0.495 e. The van der Waals surface area contributed by atoms with Crippen molar-refractivity contribution in [3.05, 3.63) is 52.0 Å². The van der Waals surface area contributed by atoms with Gasteiger partial charge in [0.2, 0.25) is 0 Å². The van der Waals surface area contributed by atoms with Crippen LogP contribution in [0.3, 0.4) is 0 Å². The molecule has 2 rings (SSSR count). The van der Waals surface area contributed by atoms with Crippen LogP contribution in [0.1, 0.15) is 36.5 Å². The summed E-state index contributed by atoms with van der Waals surface area (Å²) in [4.78, 5) is 0.121. The zero-order valence-electron chi connectivity index (χ0n) is 14.5. The summed E-state index contributed by atoms with van der Waals surface area (Å²) in [5.41, 5.74) is 3.27. The molecule has 0 saturated heterocycles. The summed E-state index contributed by atoms with van der Waals surface area (Å²) in [6, 6.07) is 8.48. The Hall–Kier alpha value is -1.72. The zero-order valence-corrected chi connectivity index (χ0v) is 16.0. The maximum atomic E-state index is 12.8. The minimum absolute atomic E-state index is 0.121. The van der Waals surface area contributed by atoms with Crippen molar-refractivity contribution in [1.82, 2.24) is 0 Å². The summed E-state index contributed by atoms with van der Waals surface area (Å²) in [6.45, 7) is 7.86. The molecule has 0 saturated carbocycles. The molecule has 0 bridgehead atoms. The lowest BCUT2D eigenvalue weighted by Crippen LogP contribution is -2.15. The van der Waals surface area contributed by atoms with E-state index in [2.05, 4.69) is 4.72 Å². The number of sulfonamides is 1. The van der Waals surface area contributed by atoms with Gasteiger partial charge in [-0.15, -0.1) is 0 Å². The van der Waals surface area contributed by atoms with Gasteiger partial charge in [0.15, 0.2) is 0 Å². The average molecular weight is 368 g/mol. The monoisotopic (exact) mass is 367 g/mol. The van der Waals surface area contributed by atoms with Crippen LogP contribution in [0.25, 0.3) is 0 Å². The average Bonchev–Trinajstić information content (AvgIpc) is 2.49. The van der Waals surface area contributed by atoms with E-state index in [1.165, 1.54) is 7.11 Å². The highest BCUT2D eigenvalue weighted by atomic mass is 35.5. The van der Waals surface area contributed by atoms with Gasteiger partial charge in [0.1, 0.15) is 10.6 Å². The highest BCUT2D eigenvalue weighted by molar-refractivity contribution is 7.92. The molecule has 0 aliphatic rings. The highest BCUT2D eigenvalue weighted by Crippen LogP contribution is 2.32. The van der Waals surface area contributed by atoms with E-state index in [9.17, 15) is 8.42 Å². The molecule has 2 aromatic rings. The van der Waals surface area contributed by atoms with Crippen LogP contribution in [-0.4, -0.2) is 15.5 Å². The van der Waals surface area contributed by atoms with E-state index in [1.807, 2.05) is 27.7 Å². The van der Waals surface area contributed by atoms with E-state index in [4.69, 9.17) is 16.3 Å². The van der Waals surface area contributed by atoms with E-state index >= 15 is 0 Å². The molecular formula is C18H22ClNO3S. The Labute approximate surface area is 148 Å². The van der Waals surface area contributed by atoms with Crippen LogP contribution in [0.2, 0.25) is 5.02 Å². The number of ether oxygens (including phenoxy) is 1.